The van der Waals surface area contributed by atoms with Gasteiger partial charge in [0.1, 0.15) is 11.6 Å². The van der Waals surface area contributed by atoms with E-state index in [1.807, 2.05) is 0 Å². The van der Waals surface area contributed by atoms with Crippen molar-refractivity contribution in [2.45, 2.75) is 20.3 Å². The topological polar surface area (TPSA) is 44.8 Å². The van der Waals surface area contributed by atoms with Gasteiger partial charge >= 0.3 is 7.82 Å². The molecule has 0 amide bonds. The number of alkyl halides is 2. The van der Waals surface area contributed by atoms with E-state index in [1.165, 1.54) is 0 Å². The molecule has 0 aromatic heterocycles. The molecule has 0 unspecified atom stereocenters. The van der Waals surface area contributed by atoms with Crippen LogP contribution in [0.5, 0.6) is 5.75 Å². The number of phosphoric ester groups is 1. The molecule has 0 saturated heterocycles. The summed E-state index contributed by atoms with van der Waals surface area (Å²) in [5, 5.41) is 0. The normalized spacial score (nSPS) is 11.9. The van der Waals surface area contributed by atoms with Crippen molar-refractivity contribution in [3.8, 4) is 5.75 Å². The Labute approximate surface area is 109 Å². The Morgan fingerprint density at radius 1 is 1.21 bits per heavy atom. The molecule has 0 N–H and O–H groups in total. The molecule has 0 heterocycles. The highest BCUT2D eigenvalue weighted by Crippen LogP contribution is 2.49. The summed E-state index contributed by atoms with van der Waals surface area (Å²) < 4.78 is 64.7. The average Bonchev–Trinajstić information content (AvgIpc) is 2.31. The van der Waals surface area contributed by atoms with E-state index >= 15 is 0 Å². The Morgan fingerprint density at radius 3 is 2.26 bits per heavy atom. The SMILES string of the molecule is CCOP(=O)(OCC)Oc1ccc(F)c(C(F)F)c1. The van der Waals surface area contributed by atoms with Gasteiger partial charge < -0.3 is 4.52 Å². The van der Waals surface area contributed by atoms with Crippen LogP contribution >= 0.6 is 7.82 Å². The van der Waals surface area contributed by atoms with Gasteiger partial charge in [-0.15, -0.1) is 0 Å². The van der Waals surface area contributed by atoms with Gasteiger partial charge in [-0.25, -0.2) is 17.7 Å². The third-order valence-electron chi connectivity index (χ3n) is 1.99. The van der Waals surface area contributed by atoms with Gasteiger partial charge in [-0.05, 0) is 32.0 Å². The molecule has 0 fully saturated rings. The number of halogens is 3. The summed E-state index contributed by atoms with van der Waals surface area (Å²) >= 11 is 0. The van der Waals surface area contributed by atoms with Crippen molar-refractivity contribution in [2.75, 3.05) is 13.2 Å². The molecule has 19 heavy (non-hydrogen) atoms. The predicted octanol–water partition coefficient (Wildman–Crippen LogP) is 4.32. The van der Waals surface area contributed by atoms with E-state index in [2.05, 4.69) is 0 Å². The number of hydrogen-bond donors (Lipinski definition) is 0. The number of rotatable bonds is 7. The van der Waals surface area contributed by atoms with Gasteiger partial charge in [0, 0.05) is 0 Å². The fourth-order valence-electron chi connectivity index (χ4n) is 1.28. The monoisotopic (exact) mass is 298 g/mol. The van der Waals surface area contributed by atoms with Gasteiger partial charge in [-0.3, -0.25) is 9.05 Å². The standard InChI is InChI=1S/C11H14F3O4P/c1-3-16-19(15,17-4-2)18-8-5-6-10(12)9(7-8)11(13)14/h5-7,11H,3-4H2,1-2H3. The second kappa shape index (κ2) is 6.93. The molecule has 0 atom stereocenters. The van der Waals surface area contributed by atoms with Crippen molar-refractivity contribution in [3.63, 3.8) is 0 Å². The van der Waals surface area contributed by atoms with Crippen molar-refractivity contribution in [1.29, 1.82) is 0 Å². The van der Waals surface area contributed by atoms with Gasteiger partial charge in [0.05, 0.1) is 18.8 Å². The molecule has 0 spiro atoms. The second-order valence-corrected chi connectivity index (χ2v) is 4.95. The first kappa shape index (κ1) is 16.0. The molecule has 8 heteroatoms. The molecule has 0 radical (unpaired) electrons. The Morgan fingerprint density at radius 2 is 1.79 bits per heavy atom. The summed E-state index contributed by atoms with van der Waals surface area (Å²) in [6.45, 7) is 3.26. The predicted molar refractivity (Wildman–Crippen MR) is 62.8 cm³/mol. The smallest absolute Gasteiger partial charge is 0.404 e. The minimum atomic E-state index is -3.87. The largest absolute Gasteiger partial charge is 0.530 e. The Bertz CT molecular complexity index is 457. The van der Waals surface area contributed by atoms with Crippen molar-refractivity contribution < 1.29 is 31.3 Å². The maximum atomic E-state index is 13.1. The molecule has 108 valence electrons. The first-order valence-electron chi connectivity index (χ1n) is 5.58. The van der Waals surface area contributed by atoms with Crippen LogP contribution in [0.15, 0.2) is 18.2 Å². The summed E-state index contributed by atoms with van der Waals surface area (Å²) in [7, 11) is -3.87. The average molecular weight is 298 g/mol. The first-order valence-corrected chi connectivity index (χ1v) is 7.04. The van der Waals surface area contributed by atoms with Crippen molar-refractivity contribution in [3.05, 3.63) is 29.6 Å². The lowest BCUT2D eigenvalue weighted by Crippen LogP contribution is -2.03. The molecule has 0 aliphatic rings. The third kappa shape index (κ3) is 4.53. The van der Waals surface area contributed by atoms with Crippen LogP contribution in [0.1, 0.15) is 25.8 Å². The molecule has 1 rings (SSSR count). The highest BCUT2D eigenvalue weighted by Gasteiger charge is 2.28. The van der Waals surface area contributed by atoms with Crippen LogP contribution in [0.4, 0.5) is 13.2 Å². The van der Waals surface area contributed by atoms with Gasteiger partial charge in [-0.2, -0.15) is 0 Å². The van der Waals surface area contributed by atoms with Gasteiger partial charge in [0.2, 0.25) is 0 Å². The molecular weight excluding hydrogens is 284 g/mol. The van der Waals surface area contributed by atoms with Crippen LogP contribution in [0.2, 0.25) is 0 Å². The summed E-state index contributed by atoms with van der Waals surface area (Å²) in [6.07, 6.45) is -3.00. The summed E-state index contributed by atoms with van der Waals surface area (Å²) in [5.74, 6) is -1.27. The maximum Gasteiger partial charge on any atom is 0.530 e. The fourth-order valence-corrected chi connectivity index (χ4v) is 2.47. The zero-order valence-electron chi connectivity index (χ0n) is 10.4. The third-order valence-corrected chi connectivity index (χ3v) is 3.58. The minimum absolute atomic E-state index is 0.0557. The van der Waals surface area contributed by atoms with E-state index in [4.69, 9.17) is 13.6 Å². The lowest BCUT2D eigenvalue weighted by molar-refractivity contribution is 0.145. The van der Waals surface area contributed by atoms with Gasteiger partial charge in [-0.1, -0.05) is 0 Å². The van der Waals surface area contributed by atoms with Gasteiger partial charge in [0.25, 0.3) is 6.43 Å². The van der Waals surface area contributed by atoms with Crippen molar-refractivity contribution in [1.82, 2.24) is 0 Å². The highest BCUT2D eigenvalue weighted by molar-refractivity contribution is 7.48. The quantitative estimate of drug-likeness (QED) is 0.703. The zero-order valence-corrected chi connectivity index (χ0v) is 11.3. The molecule has 1 aromatic rings. The van der Waals surface area contributed by atoms with Crippen LogP contribution in [-0.4, -0.2) is 13.2 Å². The molecule has 0 saturated carbocycles. The van der Waals surface area contributed by atoms with Crippen molar-refractivity contribution >= 4 is 7.82 Å². The molecule has 0 aliphatic heterocycles. The van der Waals surface area contributed by atoms with Crippen LogP contribution in [0.3, 0.4) is 0 Å². The molecule has 0 bridgehead atoms. The summed E-state index contributed by atoms with van der Waals surface area (Å²) in [4.78, 5) is 0. The Kier molecular flexibility index (Phi) is 5.85. The number of hydrogen-bond acceptors (Lipinski definition) is 4. The van der Waals surface area contributed by atoms with Crippen LogP contribution in [0.25, 0.3) is 0 Å². The van der Waals surface area contributed by atoms with Gasteiger partial charge in [0.15, 0.2) is 0 Å². The lowest BCUT2D eigenvalue weighted by atomic mass is 10.2. The first-order chi connectivity index (χ1) is 8.91. The molecule has 0 aliphatic carbocycles. The fraction of sp³-hybridized carbons (Fsp3) is 0.455. The molecule has 4 nitrogen and oxygen atoms in total. The maximum absolute atomic E-state index is 13.1. The number of phosphoric acid groups is 1. The lowest BCUT2D eigenvalue weighted by Gasteiger charge is -2.17. The van der Waals surface area contributed by atoms with E-state index in [1.54, 1.807) is 13.8 Å². The minimum Gasteiger partial charge on any atom is -0.404 e. The van der Waals surface area contributed by atoms with Crippen LogP contribution in [-0.2, 0) is 13.6 Å². The van der Waals surface area contributed by atoms with E-state index in [0.717, 1.165) is 18.2 Å². The zero-order chi connectivity index (χ0) is 14.5. The summed E-state index contributed by atoms with van der Waals surface area (Å²) in [6, 6.07) is 2.65. The van der Waals surface area contributed by atoms with Crippen molar-refractivity contribution in [2.24, 2.45) is 0 Å². The Balaban J connectivity index is 2.97. The van der Waals surface area contributed by atoms with E-state index in [9.17, 15) is 17.7 Å². The van der Waals surface area contributed by atoms with E-state index in [-0.39, 0.29) is 19.0 Å². The van der Waals surface area contributed by atoms with E-state index < -0.39 is 25.6 Å². The highest BCUT2D eigenvalue weighted by atomic mass is 31.2. The molecular formula is C11H14F3O4P. The van der Waals surface area contributed by atoms with Crippen LogP contribution < -0.4 is 4.52 Å². The summed E-state index contributed by atoms with van der Waals surface area (Å²) in [5.41, 5.74) is -0.836. The molecule has 1 aromatic carbocycles. The second-order valence-electron chi connectivity index (χ2n) is 3.36. The Hall–Kier alpha value is -1.04. The van der Waals surface area contributed by atoms with Crippen LogP contribution in [0, 0.1) is 5.82 Å². The number of benzene rings is 1. The van der Waals surface area contributed by atoms with E-state index in [0.29, 0.717) is 0 Å².